The Morgan fingerprint density at radius 2 is 1.85 bits per heavy atom. The molecule has 138 valence electrons. The lowest BCUT2D eigenvalue weighted by molar-refractivity contribution is -0.119. The van der Waals surface area contributed by atoms with E-state index in [1.54, 1.807) is 31.2 Å². The highest BCUT2D eigenvalue weighted by Gasteiger charge is 2.21. The number of hydrogen-bond donors (Lipinski definition) is 1. The topological polar surface area (TPSA) is 88.1 Å². The molecular weight excluding hydrogens is 354 g/mol. The van der Waals surface area contributed by atoms with E-state index in [-0.39, 0.29) is 0 Å². The number of sulfonamides is 1. The van der Waals surface area contributed by atoms with Crippen molar-refractivity contribution in [1.29, 1.82) is 0 Å². The molecule has 0 aliphatic heterocycles. The number of ether oxygens (including phenoxy) is 1. The van der Waals surface area contributed by atoms with Gasteiger partial charge in [-0.15, -0.1) is 0 Å². The van der Waals surface area contributed by atoms with Crippen molar-refractivity contribution < 1.29 is 17.9 Å². The maximum absolute atomic E-state index is 12.2. The summed E-state index contributed by atoms with van der Waals surface area (Å²) < 4.78 is 30.3. The van der Waals surface area contributed by atoms with E-state index < -0.39 is 22.5 Å². The lowest BCUT2D eigenvalue weighted by atomic mass is 10.1. The van der Waals surface area contributed by atoms with Crippen molar-refractivity contribution in [3.05, 3.63) is 60.2 Å². The average Bonchev–Trinajstić information content (AvgIpc) is 2.64. The molecule has 7 nitrogen and oxygen atoms in total. The van der Waals surface area contributed by atoms with Gasteiger partial charge in [0, 0.05) is 6.07 Å². The highest BCUT2D eigenvalue weighted by atomic mass is 32.2. The van der Waals surface area contributed by atoms with Crippen LogP contribution in [0.3, 0.4) is 0 Å². The molecule has 8 heteroatoms. The van der Waals surface area contributed by atoms with Gasteiger partial charge in [0.2, 0.25) is 10.0 Å². The molecule has 1 amide bonds. The number of nitrogens with one attached hydrogen (secondary N) is 1. The van der Waals surface area contributed by atoms with E-state index in [0.29, 0.717) is 17.1 Å². The zero-order chi connectivity index (χ0) is 19.2. The summed E-state index contributed by atoms with van der Waals surface area (Å²) in [6.45, 7) is 1.36. The minimum absolute atomic E-state index is 0.339. The minimum Gasteiger partial charge on any atom is -0.497 e. The van der Waals surface area contributed by atoms with Crippen LogP contribution in [0.15, 0.2) is 59.7 Å². The summed E-state index contributed by atoms with van der Waals surface area (Å²) in [5.41, 5.74) is 4.21. The lowest BCUT2D eigenvalue weighted by Gasteiger charge is -2.21. The van der Waals surface area contributed by atoms with Gasteiger partial charge < -0.3 is 4.74 Å². The van der Waals surface area contributed by atoms with Crippen molar-refractivity contribution in [2.24, 2.45) is 5.10 Å². The number of carbonyl (C=O) groups excluding carboxylic acids is 1. The number of carbonyl (C=O) groups is 1. The Balaban J connectivity index is 2.15. The van der Waals surface area contributed by atoms with E-state index in [1.165, 1.54) is 7.11 Å². The predicted octanol–water partition coefficient (Wildman–Crippen LogP) is 2.00. The molecule has 0 aliphatic rings. The number of rotatable bonds is 7. The van der Waals surface area contributed by atoms with Crippen molar-refractivity contribution in [2.45, 2.75) is 6.92 Å². The molecule has 0 aromatic heterocycles. The number of anilines is 1. The van der Waals surface area contributed by atoms with E-state index in [1.807, 2.05) is 30.3 Å². The number of nitrogens with zero attached hydrogens (tertiary/aromatic N) is 2. The van der Waals surface area contributed by atoms with Gasteiger partial charge in [-0.25, -0.2) is 13.8 Å². The maximum Gasteiger partial charge on any atom is 0.260 e. The fraction of sp³-hybridized carbons (Fsp3) is 0.222. The molecule has 0 spiro atoms. The van der Waals surface area contributed by atoms with Gasteiger partial charge in [-0.3, -0.25) is 9.10 Å². The van der Waals surface area contributed by atoms with Crippen molar-refractivity contribution in [3.63, 3.8) is 0 Å². The van der Waals surface area contributed by atoms with E-state index in [0.717, 1.165) is 16.1 Å². The molecule has 0 atom stereocenters. The van der Waals surface area contributed by atoms with Crippen LogP contribution in [-0.4, -0.2) is 39.9 Å². The number of benzene rings is 2. The molecule has 2 aromatic carbocycles. The first-order valence-corrected chi connectivity index (χ1v) is 9.66. The molecule has 2 rings (SSSR count). The Morgan fingerprint density at radius 3 is 2.46 bits per heavy atom. The summed E-state index contributed by atoms with van der Waals surface area (Å²) in [7, 11) is -2.18. The third kappa shape index (κ3) is 5.32. The first kappa shape index (κ1) is 19.5. The summed E-state index contributed by atoms with van der Waals surface area (Å²) in [4.78, 5) is 12.2. The highest BCUT2D eigenvalue weighted by Crippen LogP contribution is 2.22. The zero-order valence-corrected chi connectivity index (χ0v) is 15.7. The first-order valence-electron chi connectivity index (χ1n) is 7.81. The van der Waals surface area contributed by atoms with E-state index >= 15 is 0 Å². The van der Waals surface area contributed by atoms with Gasteiger partial charge in [0.25, 0.3) is 5.91 Å². The molecule has 0 fully saturated rings. The SMILES string of the molecule is COc1cccc(N(CC(=O)N/N=C(/C)c2ccccc2)S(C)(=O)=O)c1. The zero-order valence-electron chi connectivity index (χ0n) is 14.8. The van der Waals surface area contributed by atoms with Crippen LogP contribution in [-0.2, 0) is 14.8 Å². The monoisotopic (exact) mass is 375 g/mol. The summed E-state index contributed by atoms with van der Waals surface area (Å²) in [5, 5.41) is 4.03. The minimum atomic E-state index is -3.66. The van der Waals surface area contributed by atoms with E-state index in [9.17, 15) is 13.2 Å². The van der Waals surface area contributed by atoms with Gasteiger partial charge >= 0.3 is 0 Å². The molecule has 1 N–H and O–H groups in total. The number of hydrazone groups is 1. The smallest absolute Gasteiger partial charge is 0.260 e. The van der Waals surface area contributed by atoms with Crippen LogP contribution >= 0.6 is 0 Å². The predicted molar refractivity (Wildman–Crippen MR) is 102 cm³/mol. The molecule has 0 unspecified atom stereocenters. The second-order valence-electron chi connectivity index (χ2n) is 5.57. The normalized spacial score (nSPS) is 11.7. The molecule has 0 aliphatic carbocycles. The van der Waals surface area contributed by atoms with Crippen molar-refractivity contribution in [3.8, 4) is 5.75 Å². The van der Waals surface area contributed by atoms with Crippen LogP contribution in [0.2, 0.25) is 0 Å². The molecule has 0 saturated heterocycles. The molecule has 0 heterocycles. The third-order valence-electron chi connectivity index (χ3n) is 3.57. The van der Waals surface area contributed by atoms with Crippen LogP contribution in [0.25, 0.3) is 0 Å². The molecule has 0 bridgehead atoms. The summed E-state index contributed by atoms with van der Waals surface area (Å²) in [5.74, 6) is -0.0528. The second-order valence-corrected chi connectivity index (χ2v) is 7.48. The molecule has 0 saturated carbocycles. The Kier molecular flexibility index (Phi) is 6.35. The second kappa shape index (κ2) is 8.48. The van der Waals surface area contributed by atoms with E-state index in [2.05, 4.69) is 10.5 Å². The Morgan fingerprint density at radius 1 is 1.15 bits per heavy atom. The maximum atomic E-state index is 12.2. The quantitative estimate of drug-likeness (QED) is 0.592. The van der Waals surface area contributed by atoms with Gasteiger partial charge in [-0.1, -0.05) is 36.4 Å². The van der Waals surface area contributed by atoms with Gasteiger partial charge in [-0.2, -0.15) is 5.10 Å². The van der Waals surface area contributed by atoms with Crippen LogP contribution in [0.1, 0.15) is 12.5 Å². The number of methoxy groups -OCH3 is 1. The summed E-state index contributed by atoms with van der Waals surface area (Å²) in [6.07, 6.45) is 1.04. The van der Waals surface area contributed by atoms with Gasteiger partial charge in [0.1, 0.15) is 12.3 Å². The van der Waals surface area contributed by atoms with Crippen molar-refractivity contribution in [1.82, 2.24) is 5.43 Å². The van der Waals surface area contributed by atoms with Crippen LogP contribution in [0, 0.1) is 0 Å². The van der Waals surface area contributed by atoms with Crippen LogP contribution < -0.4 is 14.5 Å². The van der Waals surface area contributed by atoms with E-state index in [4.69, 9.17) is 4.74 Å². The van der Waals surface area contributed by atoms with Crippen molar-refractivity contribution in [2.75, 3.05) is 24.2 Å². The fourth-order valence-corrected chi connectivity index (χ4v) is 3.07. The number of amides is 1. The fourth-order valence-electron chi connectivity index (χ4n) is 2.22. The Bertz CT molecular complexity index is 896. The molecule has 2 aromatic rings. The Hall–Kier alpha value is -2.87. The Labute approximate surface area is 153 Å². The first-order chi connectivity index (χ1) is 12.3. The largest absolute Gasteiger partial charge is 0.497 e. The standard InChI is InChI=1S/C18H21N3O4S/c1-14(15-8-5-4-6-9-15)19-20-18(22)13-21(26(3,23)24)16-10-7-11-17(12-16)25-2/h4-12H,13H2,1-3H3,(H,20,22)/b19-14-. The molecular formula is C18H21N3O4S. The van der Waals surface area contributed by atoms with Crippen LogP contribution in [0.4, 0.5) is 5.69 Å². The van der Waals surface area contributed by atoms with Crippen molar-refractivity contribution >= 4 is 27.3 Å². The van der Waals surface area contributed by atoms with Gasteiger partial charge in [0.15, 0.2) is 0 Å². The number of hydrogen-bond acceptors (Lipinski definition) is 5. The molecule has 26 heavy (non-hydrogen) atoms. The van der Waals surface area contributed by atoms with Crippen LogP contribution in [0.5, 0.6) is 5.75 Å². The molecule has 0 radical (unpaired) electrons. The third-order valence-corrected chi connectivity index (χ3v) is 4.71. The highest BCUT2D eigenvalue weighted by molar-refractivity contribution is 7.92. The van der Waals surface area contributed by atoms with Gasteiger partial charge in [-0.05, 0) is 24.6 Å². The summed E-state index contributed by atoms with van der Waals surface area (Å²) >= 11 is 0. The van der Waals surface area contributed by atoms with Gasteiger partial charge in [0.05, 0.1) is 24.8 Å². The summed E-state index contributed by atoms with van der Waals surface area (Å²) in [6, 6.07) is 15.8. The average molecular weight is 375 g/mol. The lowest BCUT2D eigenvalue weighted by Crippen LogP contribution is -2.39.